The average molecular weight is 294 g/mol. The minimum absolute atomic E-state index is 0.0676. The minimum atomic E-state index is -3.64. The van der Waals surface area contributed by atoms with Crippen LogP contribution < -0.4 is 0 Å². The molecule has 0 aromatic heterocycles. The van der Waals surface area contributed by atoms with Crippen LogP contribution in [0.4, 0.5) is 0 Å². The quantitative estimate of drug-likeness (QED) is 0.889. The Morgan fingerprint density at radius 1 is 1.50 bits per heavy atom. The molecule has 1 N–H and O–H groups in total. The molecule has 7 heteroatoms. The molecule has 106 valence electrons. The number of nitrogens with zero attached hydrogens (tertiary/aromatic N) is 2. The van der Waals surface area contributed by atoms with Gasteiger partial charge in [-0.2, -0.15) is 9.57 Å². The smallest absolute Gasteiger partial charge is 0.306 e. The molecule has 0 aliphatic carbocycles. The Morgan fingerprint density at radius 3 is 2.70 bits per heavy atom. The fraction of sp³-hybridized carbons (Fsp3) is 0.385. The number of hydrogen-bond acceptors (Lipinski definition) is 4. The predicted octanol–water partition coefficient (Wildman–Crippen LogP) is 0.899. The number of carboxylic acid groups (broad SMARTS) is 1. The number of nitriles is 1. The first-order chi connectivity index (χ1) is 9.36. The maximum Gasteiger partial charge on any atom is 0.306 e. The van der Waals surface area contributed by atoms with Crippen molar-refractivity contribution in [1.29, 1.82) is 5.26 Å². The van der Waals surface area contributed by atoms with Gasteiger partial charge in [-0.25, -0.2) is 8.42 Å². The highest BCUT2D eigenvalue weighted by atomic mass is 32.2. The van der Waals surface area contributed by atoms with Gasteiger partial charge in [0, 0.05) is 13.1 Å². The van der Waals surface area contributed by atoms with Crippen LogP contribution in [0.25, 0.3) is 0 Å². The topological polar surface area (TPSA) is 98.5 Å². The summed E-state index contributed by atoms with van der Waals surface area (Å²) in [7, 11) is -3.64. The Labute approximate surface area is 117 Å². The summed E-state index contributed by atoms with van der Waals surface area (Å²) in [5.41, 5.74) is 0.280. The highest BCUT2D eigenvalue weighted by Crippen LogP contribution is 2.30. The summed E-state index contributed by atoms with van der Waals surface area (Å²) in [6, 6.07) is 7.70. The lowest BCUT2D eigenvalue weighted by atomic mass is 9.89. The monoisotopic (exact) mass is 294 g/mol. The Hall–Kier alpha value is -1.91. The summed E-state index contributed by atoms with van der Waals surface area (Å²) in [6.07, 6.45) is 0. The second-order valence-electron chi connectivity index (χ2n) is 4.85. The Kier molecular flexibility index (Phi) is 3.79. The molecule has 0 saturated carbocycles. The van der Waals surface area contributed by atoms with Crippen molar-refractivity contribution in [3.63, 3.8) is 0 Å². The highest BCUT2D eigenvalue weighted by Gasteiger charge is 2.41. The van der Waals surface area contributed by atoms with Gasteiger partial charge in [0.2, 0.25) is 10.0 Å². The molecule has 1 atom stereocenters. The Balaban J connectivity index is 2.14. The van der Waals surface area contributed by atoms with Gasteiger partial charge in [0.1, 0.15) is 0 Å². The van der Waals surface area contributed by atoms with Crippen molar-refractivity contribution < 1.29 is 18.3 Å². The molecular weight excluding hydrogens is 280 g/mol. The molecular formula is C13H14N2O4S. The van der Waals surface area contributed by atoms with Crippen molar-refractivity contribution in [2.45, 2.75) is 11.8 Å². The first-order valence-corrected chi connectivity index (χ1v) is 7.53. The van der Waals surface area contributed by atoms with Gasteiger partial charge in [0.05, 0.1) is 22.4 Å². The largest absolute Gasteiger partial charge is 0.481 e. The molecule has 0 radical (unpaired) electrons. The summed E-state index contributed by atoms with van der Waals surface area (Å²) in [5, 5.41) is 17.7. The van der Waals surface area contributed by atoms with Crippen LogP contribution >= 0.6 is 0 Å². The van der Waals surface area contributed by atoms with E-state index in [2.05, 4.69) is 0 Å². The minimum Gasteiger partial charge on any atom is -0.481 e. The number of carbonyl (C=O) groups is 1. The van der Waals surface area contributed by atoms with Crippen molar-refractivity contribution in [1.82, 2.24) is 4.31 Å². The van der Waals surface area contributed by atoms with Crippen LogP contribution in [-0.2, 0) is 14.8 Å². The molecule has 0 bridgehead atoms. The van der Waals surface area contributed by atoms with Crippen LogP contribution in [0.3, 0.4) is 0 Å². The lowest BCUT2D eigenvalue weighted by Crippen LogP contribution is -2.53. The number of hydrogen-bond donors (Lipinski definition) is 1. The number of benzene rings is 1. The van der Waals surface area contributed by atoms with E-state index in [-0.39, 0.29) is 29.5 Å². The van der Waals surface area contributed by atoms with Crippen LogP contribution in [0.15, 0.2) is 29.2 Å². The number of aliphatic carboxylic acids is 1. The molecule has 0 spiro atoms. The summed E-state index contributed by atoms with van der Waals surface area (Å²) < 4.78 is 25.8. The molecule has 1 heterocycles. The molecule has 1 unspecified atom stereocenters. The van der Waals surface area contributed by atoms with Crippen LogP contribution in [0.1, 0.15) is 12.5 Å². The van der Waals surface area contributed by atoms with Gasteiger partial charge in [-0.05, 0) is 24.1 Å². The molecule has 1 aromatic carbocycles. The molecule has 6 nitrogen and oxygen atoms in total. The Bertz CT molecular complexity index is 672. The third kappa shape index (κ3) is 2.53. The lowest BCUT2D eigenvalue weighted by molar-refractivity contribution is -0.144. The normalized spacial score (nSPS) is 18.0. The van der Waals surface area contributed by atoms with Gasteiger partial charge in [0.15, 0.2) is 0 Å². The van der Waals surface area contributed by atoms with Crippen molar-refractivity contribution >= 4 is 16.0 Å². The van der Waals surface area contributed by atoms with E-state index in [1.165, 1.54) is 28.6 Å². The second-order valence-corrected chi connectivity index (χ2v) is 6.79. The van der Waals surface area contributed by atoms with Crippen LogP contribution in [-0.4, -0.2) is 36.9 Å². The summed E-state index contributed by atoms with van der Waals surface area (Å²) >= 11 is 0. The van der Waals surface area contributed by atoms with Crippen molar-refractivity contribution in [3.05, 3.63) is 29.8 Å². The maximum absolute atomic E-state index is 12.3. The summed E-state index contributed by atoms with van der Waals surface area (Å²) in [6.45, 7) is 1.98. The van der Waals surface area contributed by atoms with E-state index >= 15 is 0 Å². The standard InChI is InChI=1S/C13H14N2O4S/c1-9(13(16)17)11-7-15(8-11)20(18,19)12-4-2-3-10(5-12)6-14/h2-5,9,11H,7-8H2,1H3,(H,16,17). The summed E-state index contributed by atoms with van der Waals surface area (Å²) in [4.78, 5) is 10.9. The first kappa shape index (κ1) is 14.5. The van der Waals surface area contributed by atoms with Gasteiger partial charge in [-0.3, -0.25) is 4.79 Å². The molecule has 1 saturated heterocycles. The van der Waals surface area contributed by atoms with Crippen LogP contribution in [0.2, 0.25) is 0 Å². The average Bonchev–Trinajstić information content (AvgIpc) is 2.36. The van der Waals surface area contributed by atoms with E-state index in [4.69, 9.17) is 10.4 Å². The number of sulfonamides is 1. The van der Waals surface area contributed by atoms with Crippen LogP contribution in [0, 0.1) is 23.2 Å². The van der Waals surface area contributed by atoms with Gasteiger partial charge >= 0.3 is 5.97 Å². The molecule has 1 fully saturated rings. The second kappa shape index (κ2) is 5.23. The van der Waals surface area contributed by atoms with Gasteiger partial charge in [0.25, 0.3) is 0 Å². The van der Waals surface area contributed by atoms with Crippen LogP contribution in [0.5, 0.6) is 0 Å². The molecule has 20 heavy (non-hydrogen) atoms. The summed E-state index contributed by atoms with van der Waals surface area (Å²) in [5.74, 6) is -1.65. The lowest BCUT2D eigenvalue weighted by Gasteiger charge is -2.39. The maximum atomic E-state index is 12.3. The molecule has 2 rings (SSSR count). The van der Waals surface area contributed by atoms with E-state index in [0.29, 0.717) is 0 Å². The highest BCUT2D eigenvalue weighted by molar-refractivity contribution is 7.89. The molecule has 1 aliphatic rings. The number of rotatable bonds is 4. The zero-order valence-corrected chi connectivity index (χ0v) is 11.7. The molecule has 1 aromatic rings. The number of carboxylic acids is 1. The van der Waals surface area contributed by atoms with E-state index in [1.807, 2.05) is 6.07 Å². The third-order valence-corrected chi connectivity index (χ3v) is 5.40. The van der Waals surface area contributed by atoms with Crippen molar-refractivity contribution in [3.8, 4) is 6.07 Å². The van der Waals surface area contributed by atoms with Crippen molar-refractivity contribution in [2.75, 3.05) is 13.1 Å². The van der Waals surface area contributed by atoms with Gasteiger partial charge < -0.3 is 5.11 Å². The van der Waals surface area contributed by atoms with Gasteiger partial charge in [-0.15, -0.1) is 0 Å². The van der Waals surface area contributed by atoms with Crippen molar-refractivity contribution in [2.24, 2.45) is 11.8 Å². The third-order valence-electron chi connectivity index (χ3n) is 3.57. The van der Waals surface area contributed by atoms with Gasteiger partial charge in [-0.1, -0.05) is 13.0 Å². The fourth-order valence-corrected chi connectivity index (χ4v) is 3.66. The van der Waals surface area contributed by atoms with E-state index in [9.17, 15) is 13.2 Å². The molecule has 0 amide bonds. The van der Waals surface area contributed by atoms with E-state index in [0.717, 1.165) is 0 Å². The fourth-order valence-electron chi connectivity index (χ4n) is 2.06. The molecule has 1 aliphatic heterocycles. The SMILES string of the molecule is CC(C(=O)O)C1CN(S(=O)(=O)c2cccc(C#N)c2)C1. The van der Waals surface area contributed by atoms with E-state index in [1.54, 1.807) is 6.92 Å². The predicted molar refractivity (Wildman–Crippen MR) is 70.2 cm³/mol. The zero-order valence-electron chi connectivity index (χ0n) is 10.9. The van der Waals surface area contributed by atoms with E-state index < -0.39 is 21.9 Å². The first-order valence-electron chi connectivity index (χ1n) is 6.09. The Morgan fingerprint density at radius 2 is 2.15 bits per heavy atom. The zero-order chi connectivity index (χ0) is 14.9.